The first kappa shape index (κ1) is 13.9. The molecule has 0 aliphatic heterocycles. The minimum absolute atomic E-state index is 0.144. The lowest BCUT2D eigenvalue weighted by Crippen LogP contribution is -2.60. The summed E-state index contributed by atoms with van der Waals surface area (Å²) in [6.07, 6.45) is 0. The number of hydrogen-bond acceptors (Lipinski definition) is 4. The van der Waals surface area contributed by atoms with Crippen molar-refractivity contribution in [1.82, 2.24) is 0 Å². The monoisotopic (exact) mass is 218 g/mol. The molecule has 0 saturated carbocycles. The van der Waals surface area contributed by atoms with Crippen LogP contribution >= 0.6 is 0 Å². The molecule has 0 rings (SSSR count). The van der Waals surface area contributed by atoms with E-state index >= 15 is 0 Å². The summed E-state index contributed by atoms with van der Waals surface area (Å²) in [5.74, 6) is -2.29. The zero-order valence-electron chi connectivity index (χ0n) is 9.65. The predicted molar refractivity (Wildman–Crippen MR) is 48.8 cm³/mol. The number of nitrogens with zero attached hydrogens (tertiary/aromatic N) is 2. The van der Waals surface area contributed by atoms with Crippen molar-refractivity contribution >= 4 is 11.9 Å². The van der Waals surface area contributed by atoms with E-state index in [2.05, 4.69) is 0 Å². The Bertz CT molecular complexity index is 235. The fraction of sp³-hybridized carbons (Fsp3) is 0.778. The molecular weight excluding hydrogens is 200 g/mol. The van der Waals surface area contributed by atoms with E-state index in [0.717, 1.165) is 0 Å². The Kier molecular flexibility index (Phi) is 4.24. The third-order valence-corrected chi connectivity index (χ3v) is 1.88. The molecular formula is C9H18N2O4. The van der Waals surface area contributed by atoms with Crippen molar-refractivity contribution in [2.45, 2.75) is 0 Å². The average molecular weight is 218 g/mol. The Morgan fingerprint density at radius 2 is 1.13 bits per heavy atom. The standard InChI is InChI=1S/C9H18N2O4/c1-10(2,5-8(12)13)7-11(3,4)6-9(14)15/h5-7H2,1-4H3. The Morgan fingerprint density at radius 1 is 0.867 bits per heavy atom. The smallest absolute Gasteiger partial charge is 0.207 e. The van der Waals surface area contributed by atoms with Gasteiger partial charge in [0.25, 0.3) is 0 Å². The van der Waals surface area contributed by atoms with Crippen molar-refractivity contribution in [3.63, 3.8) is 0 Å². The second kappa shape index (κ2) is 4.59. The Hall–Kier alpha value is -1.14. The minimum Gasteiger partial charge on any atom is -0.544 e. The molecule has 0 N–H and O–H groups in total. The molecule has 15 heavy (non-hydrogen) atoms. The molecule has 0 heterocycles. The van der Waals surface area contributed by atoms with Crippen LogP contribution in [0.1, 0.15) is 0 Å². The number of likely N-dealkylation sites (N-methyl/N-ethyl adjacent to an activating group) is 2. The van der Waals surface area contributed by atoms with Crippen LogP contribution < -0.4 is 10.2 Å². The molecule has 6 heteroatoms. The molecule has 88 valence electrons. The summed E-state index contributed by atoms with van der Waals surface area (Å²) in [5.41, 5.74) is 0. The molecule has 0 aromatic rings. The largest absolute Gasteiger partial charge is 0.544 e. The quantitative estimate of drug-likeness (QED) is 0.344. The Balaban J connectivity index is 4.42. The van der Waals surface area contributed by atoms with Crippen LogP contribution in [0.3, 0.4) is 0 Å². The van der Waals surface area contributed by atoms with Gasteiger partial charge in [0.2, 0.25) is 6.67 Å². The number of quaternary nitrogens is 2. The van der Waals surface area contributed by atoms with Gasteiger partial charge in [-0.25, -0.2) is 0 Å². The summed E-state index contributed by atoms with van der Waals surface area (Å²) in [6.45, 7) is 0.0887. The number of carbonyl (C=O) groups excluding carboxylic acids is 2. The highest BCUT2D eigenvalue weighted by molar-refractivity contribution is 5.65. The van der Waals surface area contributed by atoms with Crippen LogP contribution in [-0.4, -0.2) is 68.9 Å². The van der Waals surface area contributed by atoms with Crippen LogP contribution in [-0.2, 0) is 9.59 Å². The maximum Gasteiger partial charge on any atom is 0.207 e. The molecule has 0 aliphatic rings. The van der Waals surface area contributed by atoms with E-state index in [-0.39, 0.29) is 22.1 Å². The summed E-state index contributed by atoms with van der Waals surface area (Å²) in [7, 11) is 6.85. The molecule has 0 aliphatic carbocycles. The lowest BCUT2D eigenvalue weighted by molar-refractivity contribution is -1.06. The van der Waals surface area contributed by atoms with Gasteiger partial charge in [-0.05, 0) is 0 Å². The topological polar surface area (TPSA) is 80.3 Å². The molecule has 6 nitrogen and oxygen atoms in total. The van der Waals surface area contributed by atoms with Gasteiger partial charge in [-0.15, -0.1) is 0 Å². The fourth-order valence-electron chi connectivity index (χ4n) is 1.84. The fourth-order valence-corrected chi connectivity index (χ4v) is 1.84. The van der Waals surface area contributed by atoms with Crippen molar-refractivity contribution < 1.29 is 28.8 Å². The first-order valence-electron chi connectivity index (χ1n) is 4.58. The summed E-state index contributed by atoms with van der Waals surface area (Å²) in [5, 5.41) is 20.9. The van der Waals surface area contributed by atoms with Gasteiger partial charge in [0.15, 0.2) is 0 Å². The summed E-state index contributed by atoms with van der Waals surface area (Å²) >= 11 is 0. The molecule has 0 radical (unpaired) electrons. The summed E-state index contributed by atoms with van der Waals surface area (Å²) < 4.78 is 0.339. The van der Waals surface area contributed by atoms with Gasteiger partial charge in [-0.3, -0.25) is 8.97 Å². The SMILES string of the molecule is C[N+](C)(CC(=O)[O-])C[N+](C)(C)CC(=O)[O-]. The van der Waals surface area contributed by atoms with Crippen LogP contribution in [0, 0.1) is 0 Å². The maximum absolute atomic E-state index is 10.5. The third kappa shape index (κ3) is 6.87. The molecule has 0 aromatic heterocycles. The summed E-state index contributed by atoms with van der Waals surface area (Å²) in [6, 6.07) is 0. The molecule has 0 bridgehead atoms. The summed E-state index contributed by atoms with van der Waals surface area (Å²) in [4.78, 5) is 20.9. The van der Waals surface area contributed by atoms with Gasteiger partial charge in [0.05, 0.1) is 40.1 Å². The van der Waals surface area contributed by atoms with Crippen molar-refractivity contribution in [3.8, 4) is 0 Å². The van der Waals surface area contributed by atoms with Crippen LogP contribution in [0.25, 0.3) is 0 Å². The minimum atomic E-state index is -1.14. The molecule has 0 saturated heterocycles. The highest BCUT2D eigenvalue weighted by Crippen LogP contribution is 2.05. The number of carbonyl (C=O) groups is 2. The van der Waals surface area contributed by atoms with Crippen LogP contribution in [0.4, 0.5) is 0 Å². The van der Waals surface area contributed by atoms with Gasteiger partial charge >= 0.3 is 0 Å². The van der Waals surface area contributed by atoms with Crippen LogP contribution in [0.2, 0.25) is 0 Å². The molecule has 0 spiro atoms. The van der Waals surface area contributed by atoms with E-state index in [9.17, 15) is 19.8 Å². The lowest BCUT2D eigenvalue weighted by Gasteiger charge is -2.38. The second-order valence-electron chi connectivity index (χ2n) is 5.07. The molecule has 0 atom stereocenters. The van der Waals surface area contributed by atoms with Gasteiger partial charge < -0.3 is 19.8 Å². The van der Waals surface area contributed by atoms with Gasteiger partial charge in [-0.1, -0.05) is 0 Å². The van der Waals surface area contributed by atoms with Gasteiger partial charge in [-0.2, -0.15) is 0 Å². The molecule has 0 aromatic carbocycles. The van der Waals surface area contributed by atoms with Crippen LogP contribution in [0.15, 0.2) is 0 Å². The van der Waals surface area contributed by atoms with E-state index in [1.165, 1.54) is 0 Å². The van der Waals surface area contributed by atoms with E-state index in [1.54, 1.807) is 28.2 Å². The van der Waals surface area contributed by atoms with E-state index < -0.39 is 11.9 Å². The Morgan fingerprint density at radius 3 is 1.33 bits per heavy atom. The highest BCUT2D eigenvalue weighted by Gasteiger charge is 2.27. The lowest BCUT2D eigenvalue weighted by atomic mass is 10.4. The normalized spacial score (nSPS) is 12.5. The number of carboxylic acids is 2. The van der Waals surface area contributed by atoms with Crippen molar-refractivity contribution in [1.29, 1.82) is 0 Å². The molecule has 0 unspecified atom stereocenters. The predicted octanol–water partition coefficient (Wildman–Crippen LogP) is -3.40. The van der Waals surface area contributed by atoms with E-state index in [0.29, 0.717) is 6.67 Å². The number of hydrogen-bond donors (Lipinski definition) is 0. The Labute approximate surface area is 89.5 Å². The molecule has 0 amide bonds. The van der Waals surface area contributed by atoms with E-state index in [4.69, 9.17) is 0 Å². The highest BCUT2D eigenvalue weighted by atomic mass is 16.4. The number of aliphatic carboxylic acids is 2. The zero-order chi connectivity index (χ0) is 12.3. The first-order valence-corrected chi connectivity index (χ1v) is 4.58. The first-order chi connectivity index (χ1) is 6.54. The van der Waals surface area contributed by atoms with E-state index in [1.807, 2.05) is 0 Å². The van der Waals surface area contributed by atoms with Crippen molar-refractivity contribution in [2.75, 3.05) is 47.9 Å². The number of rotatable bonds is 6. The van der Waals surface area contributed by atoms with Gasteiger partial charge in [0.1, 0.15) is 13.1 Å². The van der Waals surface area contributed by atoms with Crippen molar-refractivity contribution in [3.05, 3.63) is 0 Å². The zero-order valence-corrected chi connectivity index (χ0v) is 9.65. The van der Waals surface area contributed by atoms with Crippen LogP contribution in [0.5, 0.6) is 0 Å². The van der Waals surface area contributed by atoms with Crippen molar-refractivity contribution in [2.24, 2.45) is 0 Å². The molecule has 0 fully saturated rings. The maximum atomic E-state index is 10.5. The van der Waals surface area contributed by atoms with Gasteiger partial charge in [0, 0.05) is 0 Å². The number of carboxylic acid groups (broad SMARTS) is 2. The third-order valence-electron chi connectivity index (χ3n) is 1.88. The average Bonchev–Trinajstić information content (AvgIpc) is 1.73. The second-order valence-corrected chi connectivity index (χ2v) is 5.07.